The zero-order valence-electron chi connectivity index (χ0n) is 9.50. The lowest BCUT2D eigenvalue weighted by molar-refractivity contribution is 0.111. The van der Waals surface area contributed by atoms with Crippen molar-refractivity contribution in [3.05, 3.63) is 23.2 Å². The summed E-state index contributed by atoms with van der Waals surface area (Å²) in [6.45, 7) is 0.187. The van der Waals surface area contributed by atoms with Crippen molar-refractivity contribution in [1.82, 2.24) is 4.98 Å². The van der Waals surface area contributed by atoms with Gasteiger partial charge in [-0.25, -0.2) is 4.98 Å². The zero-order chi connectivity index (χ0) is 12.5. The van der Waals surface area contributed by atoms with Crippen LogP contribution in [0.1, 0.15) is 10.5 Å². The Morgan fingerprint density at radius 3 is 3.06 bits per heavy atom. The molecule has 1 aliphatic heterocycles. The van der Waals surface area contributed by atoms with Crippen LogP contribution in [0.5, 0.6) is 17.2 Å². The SMILES string of the molecule is COc1cc(-c2nc(C=O)cs2)cc2c1OCO2. The average Bonchev–Trinajstić information content (AvgIpc) is 3.05. The highest BCUT2D eigenvalue weighted by molar-refractivity contribution is 7.13. The van der Waals surface area contributed by atoms with Crippen molar-refractivity contribution >= 4 is 17.6 Å². The van der Waals surface area contributed by atoms with E-state index in [1.54, 1.807) is 12.5 Å². The van der Waals surface area contributed by atoms with Crippen molar-refractivity contribution in [2.45, 2.75) is 0 Å². The van der Waals surface area contributed by atoms with Crippen LogP contribution in [0.4, 0.5) is 0 Å². The first kappa shape index (κ1) is 11.0. The molecule has 2 heterocycles. The number of thiazole rings is 1. The van der Waals surface area contributed by atoms with Gasteiger partial charge in [0.05, 0.1) is 7.11 Å². The minimum absolute atomic E-state index is 0.187. The number of rotatable bonds is 3. The van der Waals surface area contributed by atoms with Gasteiger partial charge < -0.3 is 14.2 Å². The molecular formula is C12H9NO4S. The standard InChI is InChI=1S/C12H9NO4S/c1-15-9-2-7(3-10-11(9)17-6-16-10)12-13-8(4-14)5-18-12/h2-5H,6H2,1H3. The van der Waals surface area contributed by atoms with Crippen molar-refractivity contribution in [1.29, 1.82) is 0 Å². The number of nitrogens with zero attached hydrogens (tertiary/aromatic N) is 1. The number of hydrogen-bond acceptors (Lipinski definition) is 6. The minimum Gasteiger partial charge on any atom is -0.493 e. The third kappa shape index (κ3) is 1.70. The Morgan fingerprint density at radius 2 is 2.33 bits per heavy atom. The van der Waals surface area contributed by atoms with E-state index in [1.807, 2.05) is 12.1 Å². The molecule has 0 aliphatic carbocycles. The molecule has 6 heteroatoms. The normalized spacial score (nSPS) is 12.5. The van der Waals surface area contributed by atoms with Gasteiger partial charge in [-0.15, -0.1) is 11.3 Å². The fourth-order valence-electron chi connectivity index (χ4n) is 1.73. The first-order valence-corrected chi connectivity index (χ1v) is 6.08. The van der Waals surface area contributed by atoms with Gasteiger partial charge >= 0.3 is 0 Å². The molecule has 1 aromatic carbocycles. The maximum Gasteiger partial charge on any atom is 0.231 e. The third-order valence-electron chi connectivity index (χ3n) is 2.55. The van der Waals surface area contributed by atoms with Crippen LogP contribution >= 0.6 is 11.3 Å². The fraction of sp³-hybridized carbons (Fsp3) is 0.167. The number of methoxy groups -OCH3 is 1. The molecule has 18 heavy (non-hydrogen) atoms. The summed E-state index contributed by atoms with van der Waals surface area (Å²) in [6, 6.07) is 3.65. The Bertz CT molecular complexity index is 608. The third-order valence-corrected chi connectivity index (χ3v) is 3.46. The van der Waals surface area contributed by atoms with Gasteiger partial charge in [-0.2, -0.15) is 0 Å². The molecule has 0 bridgehead atoms. The lowest BCUT2D eigenvalue weighted by Gasteiger charge is -2.06. The fourth-order valence-corrected chi connectivity index (χ4v) is 2.48. The summed E-state index contributed by atoms with van der Waals surface area (Å²) in [6.07, 6.45) is 0.726. The first-order chi connectivity index (χ1) is 8.81. The van der Waals surface area contributed by atoms with Crippen molar-refractivity contribution in [2.75, 3.05) is 13.9 Å². The van der Waals surface area contributed by atoms with E-state index in [0.717, 1.165) is 16.9 Å². The molecular weight excluding hydrogens is 254 g/mol. The van der Waals surface area contributed by atoms with Crippen LogP contribution in [0, 0.1) is 0 Å². The Balaban J connectivity index is 2.10. The quantitative estimate of drug-likeness (QED) is 0.796. The summed E-state index contributed by atoms with van der Waals surface area (Å²) >= 11 is 1.40. The van der Waals surface area contributed by atoms with Gasteiger partial charge in [-0.1, -0.05) is 0 Å². The topological polar surface area (TPSA) is 57.7 Å². The maximum absolute atomic E-state index is 10.6. The highest BCUT2D eigenvalue weighted by Crippen LogP contribution is 2.44. The van der Waals surface area contributed by atoms with E-state index in [2.05, 4.69) is 4.98 Å². The molecule has 1 aliphatic rings. The second-order valence-corrected chi connectivity index (χ2v) is 4.47. The van der Waals surface area contributed by atoms with Crippen molar-refractivity contribution in [3.63, 3.8) is 0 Å². The number of aromatic nitrogens is 1. The van der Waals surface area contributed by atoms with Crippen LogP contribution in [-0.4, -0.2) is 25.2 Å². The number of ether oxygens (including phenoxy) is 3. The van der Waals surface area contributed by atoms with E-state index in [4.69, 9.17) is 14.2 Å². The Morgan fingerprint density at radius 1 is 1.44 bits per heavy atom. The summed E-state index contributed by atoms with van der Waals surface area (Å²) in [5, 5.41) is 2.45. The predicted molar refractivity (Wildman–Crippen MR) is 65.6 cm³/mol. The van der Waals surface area contributed by atoms with Crippen molar-refractivity contribution in [2.24, 2.45) is 0 Å². The highest BCUT2D eigenvalue weighted by atomic mass is 32.1. The molecule has 0 radical (unpaired) electrons. The van der Waals surface area contributed by atoms with Gasteiger partial charge in [0.2, 0.25) is 12.5 Å². The molecule has 5 nitrogen and oxygen atoms in total. The van der Waals surface area contributed by atoms with E-state index >= 15 is 0 Å². The van der Waals surface area contributed by atoms with E-state index in [9.17, 15) is 4.79 Å². The molecule has 0 saturated carbocycles. The number of carbonyl (C=O) groups is 1. The average molecular weight is 263 g/mol. The van der Waals surface area contributed by atoms with E-state index in [-0.39, 0.29) is 6.79 Å². The van der Waals surface area contributed by atoms with Crippen LogP contribution < -0.4 is 14.2 Å². The Hall–Kier alpha value is -2.08. The van der Waals surface area contributed by atoms with Crippen LogP contribution in [0.3, 0.4) is 0 Å². The summed E-state index contributed by atoms with van der Waals surface area (Å²) in [5.74, 6) is 1.84. The summed E-state index contributed by atoms with van der Waals surface area (Å²) in [7, 11) is 1.57. The van der Waals surface area contributed by atoms with E-state index in [1.165, 1.54) is 11.3 Å². The largest absolute Gasteiger partial charge is 0.493 e. The van der Waals surface area contributed by atoms with Gasteiger partial charge in [0.15, 0.2) is 17.8 Å². The molecule has 1 aromatic heterocycles. The van der Waals surface area contributed by atoms with Crippen molar-refractivity contribution < 1.29 is 19.0 Å². The number of fused-ring (bicyclic) bond motifs is 1. The predicted octanol–water partition coefficient (Wildman–Crippen LogP) is 2.36. The molecule has 0 spiro atoms. The van der Waals surface area contributed by atoms with E-state index < -0.39 is 0 Å². The second-order valence-electron chi connectivity index (χ2n) is 3.61. The molecule has 2 aromatic rings. The number of carbonyl (C=O) groups excluding carboxylic acids is 1. The van der Waals surface area contributed by atoms with Gasteiger partial charge in [0.25, 0.3) is 0 Å². The van der Waals surface area contributed by atoms with E-state index in [0.29, 0.717) is 22.9 Å². The smallest absolute Gasteiger partial charge is 0.231 e. The van der Waals surface area contributed by atoms with Gasteiger partial charge in [0, 0.05) is 10.9 Å². The molecule has 0 saturated heterocycles. The number of aldehydes is 1. The molecule has 3 rings (SSSR count). The first-order valence-electron chi connectivity index (χ1n) is 5.20. The van der Waals surface area contributed by atoms with Crippen LogP contribution in [0.25, 0.3) is 10.6 Å². The summed E-state index contributed by atoms with van der Waals surface area (Å²) in [5.41, 5.74) is 1.26. The lowest BCUT2D eigenvalue weighted by Crippen LogP contribution is -1.93. The monoisotopic (exact) mass is 263 g/mol. The van der Waals surface area contributed by atoms with Gasteiger partial charge in [0.1, 0.15) is 10.7 Å². The van der Waals surface area contributed by atoms with Crippen LogP contribution in [0.15, 0.2) is 17.5 Å². The maximum atomic E-state index is 10.6. The molecule has 0 atom stereocenters. The second kappa shape index (κ2) is 4.30. The number of benzene rings is 1. The molecule has 0 unspecified atom stereocenters. The molecule has 0 fully saturated rings. The molecule has 0 N–H and O–H groups in total. The van der Waals surface area contributed by atoms with Crippen LogP contribution in [0.2, 0.25) is 0 Å². The van der Waals surface area contributed by atoms with Crippen molar-refractivity contribution in [3.8, 4) is 27.8 Å². The molecule has 92 valence electrons. The number of hydrogen-bond donors (Lipinski definition) is 0. The summed E-state index contributed by atoms with van der Waals surface area (Å²) in [4.78, 5) is 14.8. The van der Waals surface area contributed by atoms with Gasteiger partial charge in [-0.05, 0) is 12.1 Å². The Labute approximate surface area is 107 Å². The Kier molecular flexibility index (Phi) is 2.64. The minimum atomic E-state index is 0.187. The lowest BCUT2D eigenvalue weighted by atomic mass is 10.2. The molecule has 0 amide bonds. The zero-order valence-corrected chi connectivity index (χ0v) is 10.3. The van der Waals surface area contributed by atoms with Crippen LogP contribution in [-0.2, 0) is 0 Å². The highest BCUT2D eigenvalue weighted by Gasteiger charge is 2.21. The van der Waals surface area contributed by atoms with Gasteiger partial charge in [-0.3, -0.25) is 4.79 Å². The summed E-state index contributed by atoms with van der Waals surface area (Å²) < 4.78 is 15.9.